The van der Waals surface area contributed by atoms with Crippen LogP contribution in [-0.4, -0.2) is 11.4 Å². The van der Waals surface area contributed by atoms with Gasteiger partial charge in [-0.3, -0.25) is 4.79 Å². The lowest BCUT2D eigenvalue weighted by atomic mass is 10.3. The van der Waals surface area contributed by atoms with Gasteiger partial charge in [-0.2, -0.15) is 0 Å². The van der Waals surface area contributed by atoms with E-state index >= 15 is 0 Å². The van der Waals surface area contributed by atoms with Gasteiger partial charge in [0.05, 0.1) is 5.02 Å². The number of rotatable bonds is 3. The minimum absolute atomic E-state index is 0.198. The summed E-state index contributed by atoms with van der Waals surface area (Å²) >= 11 is 5.66. The minimum Gasteiger partial charge on any atom is -0.448 e. The van der Waals surface area contributed by atoms with Gasteiger partial charge in [-0.1, -0.05) is 23.7 Å². The molecular formula is C8H6ClO3. The van der Waals surface area contributed by atoms with E-state index in [9.17, 15) is 4.79 Å². The number of aliphatic hydroxyl groups excluding tert-OH is 1. The number of hydrogen-bond donors (Lipinski definition) is 1. The highest BCUT2D eigenvalue weighted by molar-refractivity contribution is 6.32. The number of halogens is 1. The second-order valence-corrected chi connectivity index (χ2v) is 2.40. The predicted molar refractivity (Wildman–Crippen MR) is 43.3 cm³/mol. The smallest absolute Gasteiger partial charge is 0.340 e. The van der Waals surface area contributed by atoms with E-state index in [2.05, 4.69) is 4.74 Å². The van der Waals surface area contributed by atoms with Crippen molar-refractivity contribution in [3.63, 3.8) is 0 Å². The second-order valence-electron chi connectivity index (χ2n) is 1.99. The molecule has 0 fully saturated rings. The fourth-order valence-electron chi connectivity index (χ4n) is 0.664. The summed E-state index contributed by atoms with van der Waals surface area (Å²) in [7, 11) is 0. The highest BCUT2D eigenvalue weighted by atomic mass is 35.5. The summed E-state index contributed by atoms with van der Waals surface area (Å²) in [6.45, 7) is 0. The standard InChI is InChI=1S/C8H6ClO3/c9-6-3-1-2-4-7(6)12-8(11)5-10/h1-5,11H. The maximum absolute atomic E-state index is 9.97. The number of aliphatic hydroxyl groups is 1. The molecule has 0 aliphatic carbocycles. The second kappa shape index (κ2) is 4.09. The molecule has 1 radical (unpaired) electrons. The summed E-state index contributed by atoms with van der Waals surface area (Å²) in [5.74, 6) is 0.253. The number of benzene rings is 1. The fourth-order valence-corrected chi connectivity index (χ4v) is 0.839. The van der Waals surface area contributed by atoms with E-state index < -0.39 is 6.29 Å². The molecule has 1 aromatic rings. The molecule has 0 unspecified atom stereocenters. The first-order chi connectivity index (χ1) is 5.74. The van der Waals surface area contributed by atoms with Gasteiger partial charge in [-0.25, -0.2) is 0 Å². The Morgan fingerprint density at radius 3 is 2.75 bits per heavy atom. The van der Waals surface area contributed by atoms with Gasteiger partial charge >= 0.3 is 6.29 Å². The highest BCUT2D eigenvalue weighted by Crippen LogP contribution is 2.24. The third-order valence-electron chi connectivity index (χ3n) is 1.15. The van der Waals surface area contributed by atoms with E-state index in [1.165, 1.54) is 0 Å². The van der Waals surface area contributed by atoms with Crippen LogP contribution in [0.2, 0.25) is 5.02 Å². The molecule has 1 aromatic carbocycles. The Labute approximate surface area is 74.5 Å². The summed E-state index contributed by atoms with van der Waals surface area (Å²) in [6.07, 6.45) is -0.508. The average molecular weight is 186 g/mol. The normalized spacial score (nSPS) is 9.92. The molecule has 0 aliphatic rings. The molecule has 0 aliphatic heterocycles. The third-order valence-corrected chi connectivity index (χ3v) is 1.46. The van der Waals surface area contributed by atoms with Gasteiger partial charge in [-0.15, -0.1) is 0 Å². The number of carbonyl (C=O) groups is 1. The van der Waals surface area contributed by atoms with Gasteiger partial charge in [0.25, 0.3) is 0 Å². The molecule has 0 bridgehead atoms. The van der Waals surface area contributed by atoms with E-state index in [1.54, 1.807) is 24.3 Å². The molecule has 0 atom stereocenters. The molecule has 12 heavy (non-hydrogen) atoms. The summed E-state index contributed by atoms with van der Waals surface area (Å²) in [6, 6.07) is 6.53. The number of carbonyl (C=O) groups excluding carboxylic acids is 1. The van der Waals surface area contributed by atoms with Crippen LogP contribution in [-0.2, 0) is 4.79 Å². The first-order valence-electron chi connectivity index (χ1n) is 3.17. The molecule has 0 heterocycles. The molecule has 1 rings (SSSR count). The lowest BCUT2D eigenvalue weighted by Crippen LogP contribution is -2.06. The van der Waals surface area contributed by atoms with Crippen molar-refractivity contribution >= 4 is 17.9 Å². The van der Waals surface area contributed by atoms with Crippen molar-refractivity contribution in [2.75, 3.05) is 0 Å². The van der Waals surface area contributed by atoms with Gasteiger partial charge in [0.15, 0.2) is 6.29 Å². The van der Waals surface area contributed by atoms with Gasteiger partial charge in [0.1, 0.15) is 5.75 Å². The van der Waals surface area contributed by atoms with Crippen LogP contribution in [0.25, 0.3) is 0 Å². The van der Waals surface area contributed by atoms with Gasteiger partial charge < -0.3 is 9.84 Å². The Bertz CT molecular complexity index is 275. The monoisotopic (exact) mass is 185 g/mol. The van der Waals surface area contributed by atoms with Crippen LogP contribution in [0, 0.1) is 6.29 Å². The fraction of sp³-hybridized carbons (Fsp3) is 0. The molecule has 1 N–H and O–H groups in total. The summed E-state index contributed by atoms with van der Waals surface area (Å²) in [5, 5.41) is 9.04. The predicted octanol–water partition coefficient (Wildman–Crippen LogP) is 1.78. The van der Waals surface area contributed by atoms with Crippen molar-refractivity contribution in [2.45, 2.75) is 0 Å². The van der Waals surface area contributed by atoms with Crippen molar-refractivity contribution in [1.29, 1.82) is 0 Å². The lowest BCUT2D eigenvalue weighted by molar-refractivity contribution is -0.115. The van der Waals surface area contributed by atoms with Crippen molar-refractivity contribution in [2.24, 2.45) is 0 Å². The van der Waals surface area contributed by atoms with Crippen LogP contribution in [0.4, 0.5) is 0 Å². The zero-order valence-corrected chi connectivity index (χ0v) is 6.78. The molecule has 0 aromatic heterocycles. The van der Waals surface area contributed by atoms with Crippen molar-refractivity contribution in [3.8, 4) is 5.75 Å². The third kappa shape index (κ3) is 2.22. The van der Waals surface area contributed by atoms with Crippen molar-refractivity contribution in [1.82, 2.24) is 0 Å². The molecular weight excluding hydrogens is 180 g/mol. The summed E-state index contributed by atoms with van der Waals surface area (Å²) in [4.78, 5) is 9.97. The Balaban J connectivity index is 2.75. The number of ether oxygens (including phenoxy) is 1. The van der Waals surface area contributed by atoms with Gasteiger partial charge in [0.2, 0.25) is 0 Å². The van der Waals surface area contributed by atoms with Crippen LogP contribution in [0.15, 0.2) is 24.3 Å². The van der Waals surface area contributed by atoms with Crippen LogP contribution in [0.1, 0.15) is 0 Å². The first-order valence-corrected chi connectivity index (χ1v) is 3.55. The number of hydrogen-bond acceptors (Lipinski definition) is 3. The minimum atomic E-state index is -0.705. The maximum atomic E-state index is 9.97. The van der Waals surface area contributed by atoms with Crippen LogP contribution < -0.4 is 4.74 Å². The SMILES string of the molecule is O=C[C](O)Oc1ccccc1Cl. The Kier molecular flexibility index (Phi) is 3.08. The van der Waals surface area contributed by atoms with Gasteiger partial charge in [0, 0.05) is 0 Å². The van der Waals surface area contributed by atoms with E-state index in [0.717, 1.165) is 0 Å². The summed E-state index contributed by atoms with van der Waals surface area (Å²) < 4.78 is 4.67. The van der Waals surface area contributed by atoms with Crippen molar-refractivity contribution < 1.29 is 14.6 Å². The van der Waals surface area contributed by atoms with Gasteiger partial charge in [-0.05, 0) is 12.1 Å². The van der Waals surface area contributed by atoms with Crippen LogP contribution in [0.3, 0.4) is 0 Å². The van der Waals surface area contributed by atoms with Crippen LogP contribution in [0.5, 0.6) is 5.75 Å². The average Bonchev–Trinajstić information content (AvgIpc) is 2.09. The number of para-hydroxylation sites is 1. The van der Waals surface area contributed by atoms with E-state index in [0.29, 0.717) is 5.02 Å². The van der Waals surface area contributed by atoms with E-state index in [1.807, 2.05) is 0 Å². The zero-order valence-electron chi connectivity index (χ0n) is 6.03. The Hall–Kier alpha value is -1.06. The molecule has 0 saturated heterocycles. The summed E-state index contributed by atoms with van der Waals surface area (Å²) in [5.41, 5.74) is 0. The van der Waals surface area contributed by atoms with E-state index in [-0.39, 0.29) is 12.0 Å². The Morgan fingerprint density at radius 2 is 2.17 bits per heavy atom. The molecule has 0 saturated carbocycles. The van der Waals surface area contributed by atoms with Crippen LogP contribution >= 0.6 is 11.6 Å². The highest BCUT2D eigenvalue weighted by Gasteiger charge is 2.07. The molecule has 4 heteroatoms. The Morgan fingerprint density at radius 1 is 1.50 bits per heavy atom. The largest absolute Gasteiger partial charge is 0.448 e. The number of aldehydes is 1. The van der Waals surface area contributed by atoms with Crippen molar-refractivity contribution in [3.05, 3.63) is 35.6 Å². The molecule has 63 valence electrons. The maximum Gasteiger partial charge on any atom is 0.340 e. The first kappa shape index (κ1) is 9.03. The molecule has 0 spiro atoms. The molecule has 3 nitrogen and oxygen atoms in total. The quantitative estimate of drug-likeness (QED) is 0.731. The zero-order chi connectivity index (χ0) is 8.97. The lowest BCUT2D eigenvalue weighted by Gasteiger charge is -2.06. The molecule has 0 amide bonds. The van der Waals surface area contributed by atoms with E-state index in [4.69, 9.17) is 16.7 Å². The topological polar surface area (TPSA) is 46.5 Å².